The Morgan fingerprint density at radius 3 is 2.62 bits per heavy atom. The minimum Gasteiger partial charge on any atom is -0.458 e. The van der Waals surface area contributed by atoms with E-state index < -0.39 is 29.5 Å². The Morgan fingerprint density at radius 2 is 1.93 bits per heavy atom. The number of hydrogen-bond acceptors (Lipinski definition) is 4. The summed E-state index contributed by atoms with van der Waals surface area (Å²) in [4.78, 5) is 27.1. The lowest BCUT2D eigenvalue weighted by Crippen LogP contribution is -2.41. The van der Waals surface area contributed by atoms with Crippen molar-refractivity contribution in [1.29, 1.82) is 0 Å². The average molecular weight is 414 g/mol. The lowest BCUT2D eigenvalue weighted by atomic mass is 9.89. The minimum absolute atomic E-state index is 0.0665. The Bertz CT molecular complexity index is 1110. The summed E-state index contributed by atoms with van der Waals surface area (Å²) >= 11 is 6.11. The molecule has 1 N–H and O–H groups in total. The van der Waals surface area contributed by atoms with Gasteiger partial charge in [-0.3, -0.25) is 9.59 Å². The number of carbonyl (C=O) groups excluding carboxylic acids is 2. The maximum atomic E-state index is 14.3. The van der Waals surface area contributed by atoms with Crippen molar-refractivity contribution in [2.75, 3.05) is 4.90 Å². The van der Waals surface area contributed by atoms with Crippen LogP contribution in [0.15, 0.2) is 59.0 Å². The number of hydrogen-bond donors (Lipinski definition) is 1. The largest absolute Gasteiger partial charge is 0.458 e. The predicted molar refractivity (Wildman–Crippen MR) is 105 cm³/mol. The summed E-state index contributed by atoms with van der Waals surface area (Å²) in [6, 6.07) is 14.0. The van der Waals surface area contributed by atoms with Gasteiger partial charge < -0.3 is 14.4 Å². The maximum absolute atomic E-state index is 14.3. The van der Waals surface area contributed by atoms with E-state index in [0.717, 1.165) is 0 Å². The quantitative estimate of drug-likeness (QED) is 0.630. The molecule has 0 radical (unpaired) electrons. The highest BCUT2D eigenvalue weighted by Crippen LogP contribution is 2.44. The number of nitrogens with zero attached hydrogens (tertiary/aromatic N) is 1. The molecule has 1 amide bonds. The number of aryl methyl sites for hydroxylation is 1. The number of furan rings is 1. The molecular weight excluding hydrogens is 397 g/mol. The summed E-state index contributed by atoms with van der Waals surface area (Å²) in [6.07, 6.45) is -0.489. The smallest absolute Gasteiger partial charge is 0.264 e. The zero-order valence-electron chi connectivity index (χ0n) is 15.5. The van der Waals surface area contributed by atoms with Gasteiger partial charge in [-0.25, -0.2) is 4.39 Å². The van der Waals surface area contributed by atoms with Gasteiger partial charge in [0.2, 0.25) is 5.78 Å². The molecule has 2 aromatic carbocycles. The number of carbonyl (C=O) groups is 2. The number of halogens is 2. The number of benzene rings is 2. The van der Waals surface area contributed by atoms with E-state index in [1.165, 1.54) is 29.2 Å². The van der Waals surface area contributed by atoms with Gasteiger partial charge >= 0.3 is 0 Å². The van der Waals surface area contributed by atoms with E-state index in [-0.39, 0.29) is 28.5 Å². The molecule has 0 aliphatic carbocycles. The molecule has 5 nitrogen and oxygen atoms in total. The lowest BCUT2D eigenvalue weighted by Gasteiger charge is -2.23. The van der Waals surface area contributed by atoms with Crippen molar-refractivity contribution in [2.45, 2.75) is 25.5 Å². The lowest BCUT2D eigenvalue weighted by molar-refractivity contribution is -0.136. The van der Waals surface area contributed by atoms with Crippen molar-refractivity contribution >= 4 is 29.0 Å². The molecule has 0 bridgehead atoms. The van der Waals surface area contributed by atoms with Crippen LogP contribution >= 0.6 is 11.6 Å². The SMILES string of the molecule is Cc1ccc(C(=O)C[C@@]2(O)C(=O)N(Cc3c(F)cccc3Cl)c3ccccc32)o1. The minimum atomic E-state index is -2.08. The fourth-order valence-electron chi connectivity index (χ4n) is 3.58. The van der Waals surface area contributed by atoms with Gasteiger partial charge in [0.25, 0.3) is 5.91 Å². The van der Waals surface area contributed by atoms with Gasteiger partial charge in [0.15, 0.2) is 11.4 Å². The van der Waals surface area contributed by atoms with Gasteiger partial charge in [0, 0.05) is 16.1 Å². The zero-order chi connectivity index (χ0) is 20.8. The first-order chi connectivity index (χ1) is 13.8. The van der Waals surface area contributed by atoms with Gasteiger partial charge in [-0.1, -0.05) is 35.9 Å². The van der Waals surface area contributed by atoms with Crippen LogP contribution in [-0.4, -0.2) is 16.8 Å². The number of aliphatic hydroxyl groups is 1. The Morgan fingerprint density at radius 1 is 1.17 bits per heavy atom. The molecule has 148 valence electrons. The van der Waals surface area contributed by atoms with Crippen LogP contribution in [0.5, 0.6) is 0 Å². The number of para-hydroxylation sites is 1. The molecule has 1 atom stereocenters. The van der Waals surface area contributed by atoms with Gasteiger partial charge in [0.05, 0.1) is 18.7 Å². The average Bonchev–Trinajstić information content (AvgIpc) is 3.21. The highest BCUT2D eigenvalue weighted by atomic mass is 35.5. The predicted octanol–water partition coefficient (Wildman–Crippen LogP) is 4.39. The molecule has 1 aliphatic heterocycles. The van der Waals surface area contributed by atoms with Crippen molar-refractivity contribution < 1.29 is 23.5 Å². The van der Waals surface area contributed by atoms with Crippen molar-refractivity contribution in [2.24, 2.45) is 0 Å². The van der Waals surface area contributed by atoms with Crippen LogP contribution < -0.4 is 4.90 Å². The van der Waals surface area contributed by atoms with E-state index in [1.54, 1.807) is 37.3 Å². The second-order valence-corrected chi connectivity index (χ2v) is 7.39. The molecule has 4 rings (SSSR count). The van der Waals surface area contributed by atoms with Gasteiger partial charge in [0.1, 0.15) is 11.6 Å². The summed E-state index contributed by atoms with van der Waals surface area (Å²) in [7, 11) is 0. The van der Waals surface area contributed by atoms with E-state index in [1.807, 2.05) is 0 Å². The normalized spacial score (nSPS) is 18.2. The number of anilines is 1. The van der Waals surface area contributed by atoms with Crippen LogP contribution in [0.2, 0.25) is 5.02 Å². The summed E-state index contributed by atoms with van der Waals surface area (Å²) in [6.45, 7) is 1.53. The van der Waals surface area contributed by atoms with Crippen LogP contribution in [0.1, 0.15) is 33.9 Å². The Kier molecular flexibility index (Phi) is 4.76. The summed E-state index contributed by atoms with van der Waals surface area (Å²) in [5.74, 6) is -1.16. The van der Waals surface area contributed by atoms with Gasteiger partial charge in [-0.05, 0) is 37.3 Å². The van der Waals surface area contributed by atoms with Crippen molar-refractivity contribution in [1.82, 2.24) is 0 Å². The second kappa shape index (κ2) is 7.13. The van der Waals surface area contributed by atoms with E-state index in [9.17, 15) is 19.1 Å². The Balaban J connectivity index is 1.71. The number of Topliss-reactive ketones (excluding diaryl/α,β-unsaturated/α-hetero) is 1. The topological polar surface area (TPSA) is 70.8 Å². The molecular formula is C22H17ClFNO4. The van der Waals surface area contributed by atoms with Crippen LogP contribution in [0.3, 0.4) is 0 Å². The fourth-order valence-corrected chi connectivity index (χ4v) is 3.80. The fraction of sp³-hybridized carbons (Fsp3) is 0.182. The second-order valence-electron chi connectivity index (χ2n) is 6.98. The molecule has 1 aliphatic rings. The Labute approximate surface area is 171 Å². The highest BCUT2D eigenvalue weighted by molar-refractivity contribution is 6.31. The molecule has 7 heteroatoms. The summed E-state index contributed by atoms with van der Waals surface area (Å²) < 4.78 is 19.6. The van der Waals surface area contributed by atoms with E-state index >= 15 is 0 Å². The summed E-state index contributed by atoms with van der Waals surface area (Å²) in [5, 5.41) is 11.4. The molecule has 2 heterocycles. The van der Waals surface area contributed by atoms with Crippen LogP contribution in [0.25, 0.3) is 0 Å². The molecule has 0 unspecified atom stereocenters. The molecule has 0 saturated heterocycles. The van der Waals surface area contributed by atoms with Crippen molar-refractivity contribution in [3.63, 3.8) is 0 Å². The van der Waals surface area contributed by atoms with Crippen LogP contribution in [-0.2, 0) is 16.9 Å². The first-order valence-corrected chi connectivity index (χ1v) is 9.35. The van der Waals surface area contributed by atoms with E-state index in [0.29, 0.717) is 11.4 Å². The number of ketones is 1. The molecule has 0 fully saturated rings. The van der Waals surface area contributed by atoms with Gasteiger partial charge in [-0.2, -0.15) is 0 Å². The summed E-state index contributed by atoms with van der Waals surface area (Å²) in [5.41, 5.74) is -1.25. The zero-order valence-corrected chi connectivity index (χ0v) is 16.2. The van der Waals surface area contributed by atoms with E-state index in [4.69, 9.17) is 16.0 Å². The first-order valence-electron chi connectivity index (χ1n) is 8.97. The third-order valence-electron chi connectivity index (χ3n) is 5.05. The number of amides is 1. The first kappa shape index (κ1) is 19.4. The van der Waals surface area contributed by atoms with E-state index in [2.05, 4.69) is 0 Å². The highest BCUT2D eigenvalue weighted by Gasteiger charge is 2.51. The Hall–Kier alpha value is -2.96. The molecule has 1 aromatic heterocycles. The van der Waals surface area contributed by atoms with Crippen molar-refractivity contribution in [3.05, 3.63) is 88.1 Å². The third kappa shape index (κ3) is 3.24. The molecule has 3 aromatic rings. The molecule has 0 spiro atoms. The standard InChI is InChI=1S/C22H17ClFNO4/c1-13-9-10-20(29-13)19(26)11-22(28)15-5-2-3-8-18(15)25(21(22)27)12-14-16(23)6-4-7-17(14)24/h2-10,28H,11-12H2,1H3/t22-/m0/s1. The maximum Gasteiger partial charge on any atom is 0.264 e. The number of fused-ring (bicyclic) bond motifs is 1. The van der Waals surface area contributed by atoms with Crippen molar-refractivity contribution in [3.8, 4) is 0 Å². The van der Waals surface area contributed by atoms with Crippen LogP contribution in [0, 0.1) is 12.7 Å². The van der Waals surface area contributed by atoms with Gasteiger partial charge in [-0.15, -0.1) is 0 Å². The third-order valence-corrected chi connectivity index (χ3v) is 5.40. The monoisotopic (exact) mass is 413 g/mol. The molecule has 0 saturated carbocycles. The van der Waals surface area contributed by atoms with Crippen LogP contribution in [0.4, 0.5) is 10.1 Å². The number of rotatable bonds is 5. The molecule has 29 heavy (non-hydrogen) atoms.